The van der Waals surface area contributed by atoms with Crippen LogP contribution in [0, 0.1) is 6.92 Å². The second-order valence-corrected chi connectivity index (χ2v) is 3.40. The van der Waals surface area contributed by atoms with Gasteiger partial charge in [0.1, 0.15) is 0 Å². The van der Waals surface area contributed by atoms with Gasteiger partial charge in [-0.1, -0.05) is 23.5 Å². The molecule has 0 amide bonds. The largest absolute Gasteiger partial charge is 0.317 e. The van der Waals surface area contributed by atoms with Crippen molar-refractivity contribution < 1.29 is 0 Å². The van der Waals surface area contributed by atoms with E-state index in [0.29, 0.717) is 0 Å². The van der Waals surface area contributed by atoms with E-state index in [2.05, 4.69) is 4.98 Å². The average molecular weight is 169 g/mol. The molecule has 0 radical (unpaired) electrons. The van der Waals surface area contributed by atoms with Crippen molar-refractivity contribution in [2.75, 3.05) is 0 Å². The molecule has 0 aliphatic rings. The van der Waals surface area contributed by atoms with Crippen LogP contribution in [-0.4, -0.2) is 4.98 Å². The first-order valence-electron chi connectivity index (χ1n) is 3.53. The number of rotatable bonds is 2. The number of aryl methyl sites for hydroxylation is 1. The summed E-state index contributed by atoms with van der Waals surface area (Å²) in [7, 11) is 0. The minimum absolute atomic E-state index is 0.0435. The Morgan fingerprint density at radius 1 is 1.64 bits per heavy atom. The molecule has 0 bridgehead atoms. The third-order valence-corrected chi connectivity index (χ3v) is 2.47. The second-order valence-electron chi connectivity index (χ2n) is 2.34. The fraction of sp³-hybridized carbons (Fsp3) is 0.375. The average Bonchev–Trinajstić information content (AvgIpc) is 2.26. The van der Waals surface area contributed by atoms with Gasteiger partial charge in [-0.2, -0.15) is 0 Å². The van der Waals surface area contributed by atoms with Crippen molar-refractivity contribution in [3.05, 3.63) is 32.4 Å². The normalized spacial score (nSPS) is 11.1. The fourth-order valence-corrected chi connectivity index (χ4v) is 1.67. The number of aromatic nitrogens is 1. The lowest BCUT2D eigenvalue weighted by Crippen LogP contribution is -1.91. The van der Waals surface area contributed by atoms with E-state index in [-0.39, 0.29) is 4.87 Å². The molecular formula is C8H11NOS. The fourth-order valence-electron chi connectivity index (χ4n) is 0.856. The smallest absolute Gasteiger partial charge is 0.304 e. The minimum atomic E-state index is 0.0435. The van der Waals surface area contributed by atoms with Gasteiger partial charge in [0, 0.05) is 17.0 Å². The van der Waals surface area contributed by atoms with Crippen LogP contribution in [0.2, 0.25) is 0 Å². The zero-order valence-corrected chi connectivity index (χ0v) is 7.49. The molecule has 0 unspecified atom stereocenters. The van der Waals surface area contributed by atoms with Crippen LogP contribution >= 0.6 is 11.3 Å². The van der Waals surface area contributed by atoms with Crippen LogP contribution in [0.3, 0.4) is 0 Å². The van der Waals surface area contributed by atoms with Crippen molar-refractivity contribution in [1.82, 2.24) is 4.98 Å². The molecular weight excluding hydrogens is 158 g/mol. The molecule has 1 rings (SSSR count). The third-order valence-electron chi connectivity index (χ3n) is 1.46. The van der Waals surface area contributed by atoms with E-state index in [1.54, 1.807) is 0 Å². The van der Waals surface area contributed by atoms with Gasteiger partial charge in [-0.3, -0.25) is 4.79 Å². The maximum Gasteiger partial charge on any atom is 0.304 e. The predicted octanol–water partition coefficient (Wildman–Crippen LogP) is 1.86. The summed E-state index contributed by atoms with van der Waals surface area (Å²) in [6, 6.07) is 0. The van der Waals surface area contributed by atoms with E-state index in [4.69, 9.17) is 0 Å². The lowest BCUT2D eigenvalue weighted by atomic mass is 10.3. The number of aromatic amines is 1. The number of H-pyrrole nitrogens is 1. The van der Waals surface area contributed by atoms with Crippen molar-refractivity contribution in [2.24, 2.45) is 0 Å². The summed E-state index contributed by atoms with van der Waals surface area (Å²) in [5, 5.41) is 0. The molecule has 0 aromatic carbocycles. The molecule has 2 nitrogen and oxygen atoms in total. The number of hydrogen-bond acceptors (Lipinski definition) is 2. The van der Waals surface area contributed by atoms with E-state index in [1.807, 2.05) is 26.0 Å². The first kappa shape index (κ1) is 8.27. The summed E-state index contributed by atoms with van der Waals surface area (Å²) in [6.45, 7) is 3.90. The number of thiazole rings is 1. The molecule has 0 saturated heterocycles. The summed E-state index contributed by atoms with van der Waals surface area (Å²) in [5.41, 5.74) is 0.998. The van der Waals surface area contributed by atoms with Crippen LogP contribution in [0.5, 0.6) is 0 Å². The molecule has 0 spiro atoms. The number of allylic oxidation sites excluding steroid dienone is 2. The summed E-state index contributed by atoms with van der Waals surface area (Å²) < 4.78 is 0. The summed E-state index contributed by atoms with van der Waals surface area (Å²) in [4.78, 5) is 14.7. The maximum absolute atomic E-state index is 10.8. The van der Waals surface area contributed by atoms with Gasteiger partial charge >= 0.3 is 4.87 Å². The van der Waals surface area contributed by atoms with Gasteiger partial charge in [0.2, 0.25) is 0 Å². The van der Waals surface area contributed by atoms with Gasteiger partial charge in [0.15, 0.2) is 0 Å². The number of nitrogens with one attached hydrogen (secondary N) is 1. The van der Waals surface area contributed by atoms with Gasteiger partial charge in [-0.15, -0.1) is 0 Å². The van der Waals surface area contributed by atoms with Crippen LogP contribution in [0.1, 0.15) is 17.5 Å². The Bertz CT molecular complexity index is 308. The molecule has 1 N–H and O–H groups in total. The minimum Gasteiger partial charge on any atom is -0.317 e. The second kappa shape index (κ2) is 3.53. The molecule has 60 valence electrons. The summed E-state index contributed by atoms with van der Waals surface area (Å²) >= 11 is 1.29. The topological polar surface area (TPSA) is 32.9 Å². The first-order valence-corrected chi connectivity index (χ1v) is 4.35. The van der Waals surface area contributed by atoms with Crippen LogP contribution in [0.25, 0.3) is 0 Å². The molecule has 1 heterocycles. The summed E-state index contributed by atoms with van der Waals surface area (Å²) in [6.07, 6.45) is 4.90. The van der Waals surface area contributed by atoms with Gasteiger partial charge < -0.3 is 4.98 Å². The van der Waals surface area contributed by atoms with Crippen LogP contribution in [0.4, 0.5) is 0 Å². The molecule has 0 fully saturated rings. The Labute approximate surface area is 69.6 Å². The van der Waals surface area contributed by atoms with Crippen LogP contribution < -0.4 is 4.87 Å². The van der Waals surface area contributed by atoms with Crippen LogP contribution in [0.15, 0.2) is 16.9 Å². The highest BCUT2D eigenvalue weighted by Crippen LogP contribution is 2.08. The Balaban J connectivity index is 2.85. The molecule has 11 heavy (non-hydrogen) atoms. The molecule has 0 aliphatic heterocycles. The van der Waals surface area contributed by atoms with Gasteiger partial charge in [-0.05, 0) is 13.8 Å². The Morgan fingerprint density at radius 2 is 2.36 bits per heavy atom. The highest BCUT2D eigenvalue weighted by atomic mass is 32.1. The van der Waals surface area contributed by atoms with Crippen molar-refractivity contribution >= 4 is 11.3 Å². The predicted molar refractivity (Wildman–Crippen MR) is 48.2 cm³/mol. The standard InChI is InChI=1S/C8H11NOS/c1-3-4-5-7-6(2)9-8(10)11-7/h3-4H,5H2,1-2H3,(H,9,10)/b4-3+. The van der Waals surface area contributed by atoms with Gasteiger partial charge in [0.25, 0.3) is 0 Å². The maximum atomic E-state index is 10.8. The third kappa shape index (κ3) is 2.05. The van der Waals surface area contributed by atoms with E-state index in [0.717, 1.165) is 17.0 Å². The SMILES string of the molecule is C/C=C/Cc1sc(=O)[nH]c1C. The Kier molecular flexibility index (Phi) is 2.65. The van der Waals surface area contributed by atoms with Crippen molar-refractivity contribution in [1.29, 1.82) is 0 Å². The number of hydrogen-bond donors (Lipinski definition) is 1. The zero-order chi connectivity index (χ0) is 8.27. The zero-order valence-electron chi connectivity index (χ0n) is 6.68. The van der Waals surface area contributed by atoms with E-state index in [1.165, 1.54) is 11.3 Å². The van der Waals surface area contributed by atoms with Crippen molar-refractivity contribution in [3.63, 3.8) is 0 Å². The quantitative estimate of drug-likeness (QED) is 0.673. The molecule has 1 aromatic rings. The molecule has 0 saturated carbocycles. The molecule has 3 heteroatoms. The van der Waals surface area contributed by atoms with E-state index >= 15 is 0 Å². The molecule has 0 aliphatic carbocycles. The first-order chi connectivity index (χ1) is 5.24. The van der Waals surface area contributed by atoms with Crippen molar-refractivity contribution in [3.8, 4) is 0 Å². The molecule has 0 atom stereocenters. The Morgan fingerprint density at radius 3 is 2.82 bits per heavy atom. The lowest BCUT2D eigenvalue weighted by molar-refractivity contribution is 1.16. The van der Waals surface area contributed by atoms with Gasteiger partial charge in [-0.25, -0.2) is 0 Å². The summed E-state index contributed by atoms with van der Waals surface area (Å²) in [5.74, 6) is 0. The van der Waals surface area contributed by atoms with E-state index < -0.39 is 0 Å². The highest BCUT2D eigenvalue weighted by Gasteiger charge is 1.99. The van der Waals surface area contributed by atoms with Crippen LogP contribution in [-0.2, 0) is 6.42 Å². The lowest BCUT2D eigenvalue weighted by Gasteiger charge is -1.89. The van der Waals surface area contributed by atoms with Gasteiger partial charge in [0.05, 0.1) is 0 Å². The van der Waals surface area contributed by atoms with Crippen molar-refractivity contribution in [2.45, 2.75) is 20.3 Å². The highest BCUT2D eigenvalue weighted by molar-refractivity contribution is 7.09. The van der Waals surface area contributed by atoms with E-state index in [9.17, 15) is 4.79 Å². The Hall–Kier alpha value is -0.830. The molecule has 1 aromatic heterocycles. The monoisotopic (exact) mass is 169 g/mol.